The van der Waals surface area contributed by atoms with Crippen LogP contribution in [0.25, 0.3) is 0 Å². The molecule has 0 saturated carbocycles. The molecule has 0 radical (unpaired) electrons. The Bertz CT molecular complexity index is 134. The first kappa shape index (κ1) is 10.0. The fourth-order valence-corrected chi connectivity index (χ4v) is 0.555. The van der Waals surface area contributed by atoms with Crippen molar-refractivity contribution in [3.05, 3.63) is 12.7 Å². The lowest BCUT2D eigenvalue weighted by Gasteiger charge is -2.09. The molecule has 0 aromatic rings. The smallest absolute Gasteiger partial charge is 0.315 e. The van der Waals surface area contributed by atoms with Crippen molar-refractivity contribution in [1.82, 2.24) is 10.6 Å². The van der Waals surface area contributed by atoms with Crippen LogP contribution in [0.1, 0.15) is 20.3 Å². The van der Waals surface area contributed by atoms with E-state index in [1.165, 1.54) is 0 Å². The van der Waals surface area contributed by atoms with E-state index in [-0.39, 0.29) is 12.1 Å². The fraction of sp³-hybridized carbons (Fsp3) is 0.625. The molecule has 2 amide bonds. The molecule has 0 aliphatic heterocycles. The number of urea groups is 1. The molecule has 0 fully saturated rings. The van der Waals surface area contributed by atoms with Gasteiger partial charge in [-0.25, -0.2) is 4.79 Å². The molecule has 3 heteroatoms. The van der Waals surface area contributed by atoms with Gasteiger partial charge in [-0.3, -0.25) is 0 Å². The Kier molecular flexibility index (Phi) is 5.25. The highest BCUT2D eigenvalue weighted by Crippen LogP contribution is 1.80. The van der Waals surface area contributed by atoms with Crippen LogP contribution in [-0.4, -0.2) is 18.6 Å². The van der Waals surface area contributed by atoms with Crippen LogP contribution in [0.3, 0.4) is 0 Å². The molecule has 0 saturated heterocycles. The minimum Gasteiger partial charge on any atom is -0.338 e. The third-order valence-electron chi connectivity index (χ3n) is 1.25. The summed E-state index contributed by atoms with van der Waals surface area (Å²) in [4.78, 5) is 10.9. The zero-order valence-corrected chi connectivity index (χ0v) is 7.18. The van der Waals surface area contributed by atoms with E-state index >= 15 is 0 Å². The summed E-state index contributed by atoms with van der Waals surface area (Å²) in [6.07, 6.45) is 2.64. The van der Waals surface area contributed by atoms with Crippen LogP contribution >= 0.6 is 0 Å². The quantitative estimate of drug-likeness (QED) is 0.591. The number of nitrogens with one attached hydrogen (secondary N) is 2. The Labute approximate surface area is 67.9 Å². The predicted molar refractivity (Wildman–Crippen MR) is 46.5 cm³/mol. The average Bonchev–Trinajstić information content (AvgIpc) is 2.00. The second-order valence-electron chi connectivity index (χ2n) is 2.42. The number of hydrogen-bond acceptors (Lipinski definition) is 1. The summed E-state index contributed by atoms with van der Waals surface area (Å²) in [5.74, 6) is 0. The molecule has 11 heavy (non-hydrogen) atoms. The Hall–Kier alpha value is -0.990. The Balaban J connectivity index is 3.43. The molecule has 0 heterocycles. The van der Waals surface area contributed by atoms with Crippen molar-refractivity contribution in [2.75, 3.05) is 6.54 Å². The molecule has 0 aliphatic rings. The number of hydrogen-bond donors (Lipinski definition) is 2. The monoisotopic (exact) mass is 156 g/mol. The van der Waals surface area contributed by atoms with Gasteiger partial charge in [-0.05, 0) is 13.3 Å². The van der Waals surface area contributed by atoms with Gasteiger partial charge in [0.05, 0.1) is 0 Å². The summed E-state index contributed by atoms with van der Waals surface area (Å²) >= 11 is 0. The van der Waals surface area contributed by atoms with Gasteiger partial charge >= 0.3 is 6.03 Å². The predicted octanol–water partition coefficient (Wildman–Crippen LogP) is 1.27. The summed E-state index contributed by atoms with van der Waals surface area (Å²) in [5, 5.41) is 5.40. The summed E-state index contributed by atoms with van der Waals surface area (Å²) in [6, 6.07) is -0.0916. The standard InChI is InChI=1S/C8H16N2O/c1-4-6-9-8(11)10-7(3)5-2/h5,7H,2,4,6H2,1,3H3,(H2,9,10,11). The van der Waals surface area contributed by atoms with E-state index in [1.807, 2.05) is 13.8 Å². The maximum absolute atomic E-state index is 10.9. The summed E-state index contributed by atoms with van der Waals surface area (Å²) < 4.78 is 0. The third kappa shape index (κ3) is 5.45. The van der Waals surface area contributed by atoms with Crippen molar-refractivity contribution < 1.29 is 4.79 Å². The zero-order chi connectivity index (χ0) is 8.69. The number of rotatable bonds is 4. The van der Waals surface area contributed by atoms with Gasteiger partial charge in [-0.1, -0.05) is 13.0 Å². The van der Waals surface area contributed by atoms with Crippen LogP contribution in [0.2, 0.25) is 0 Å². The van der Waals surface area contributed by atoms with Crippen molar-refractivity contribution in [2.45, 2.75) is 26.3 Å². The second kappa shape index (κ2) is 5.77. The normalized spacial score (nSPS) is 11.8. The van der Waals surface area contributed by atoms with Gasteiger partial charge in [-0.15, -0.1) is 6.58 Å². The maximum atomic E-state index is 10.9. The molecule has 1 atom stereocenters. The van der Waals surface area contributed by atoms with Crippen LogP contribution in [0.4, 0.5) is 4.79 Å². The topological polar surface area (TPSA) is 41.1 Å². The van der Waals surface area contributed by atoms with Crippen molar-refractivity contribution in [2.24, 2.45) is 0 Å². The lowest BCUT2D eigenvalue weighted by atomic mass is 10.3. The lowest BCUT2D eigenvalue weighted by Crippen LogP contribution is -2.40. The fourth-order valence-electron chi connectivity index (χ4n) is 0.555. The molecule has 2 N–H and O–H groups in total. The Morgan fingerprint density at radius 3 is 2.82 bits per heavy atom. The highest BCUT2D eigenvalue weighted by atomic mass is 16.2. The Morgan fingerprint density at radius 2 is 2.36 bits per heavy atom. The largest absolute Gasteiger partial charge is 0.338 e. The minimum atomic E-state index is -0.126. The average molecular weight is 156 g/mol. The molecule has 0 aromatic heterocycles. The van der Waals surface area contributed by atoms with Gasteiger partial charge in [-0.2, -0.15) is 0 Å². The maximum Gasteiger partial charge on any atom is 0.315 e. The van der Waals surface area contributed by atoms with E-state index < -0.39 is 0 Å². The van der Waals surface area contributed by atoms with Crippen LogP contribution in [0.15, 0.2) is 12.7 Å². The van der Waals surface area contributed by atoms with Crippen molar-refractivity contribution in [1.29, 1.82) is 0 Å². The summed E-state index contributed by atoms with van der Waals surface area (Å²) in [5.41, 5.74) is 0. The van der Waals surface area contributed by atoms with Gasteiger partial charge in [0.25, 0.3) is 0 Å². The van der Waals surface area contributed by atoms with Gasteiger partial charge in [0.15, 0.2) is 0 Å². The van der Waals surface area contributed by atoms with Gasteiger partial charge < -0.3 is 10.6 Å². The van der Waals surface area contributed by atoms with Crippen LogP contribution in [0, 0.1) is 0 Å². The molecular formula is C8H16N2O. The highest BCUT2D eigenvalue weighted by Gasteiger charge is 2.00. The number of carbonyl (C=O) groups is 1. The molecule has 0 bridgehead atoms. The van der Waals surface area contributed by atoms with Gasteiger partial charge in [0.2, 0.25) is 0 Å². The molecule has 0 aromatic carbocycles. The second-order valence-corrected chi connectivity index (χ2v) is 2.42. The molecule has 64 valence electrons. The zero-order valence-electron chi connectivity index (χ0n) is 7.18. The van der Waals surface area contributed by atoms with Crippen LogP contribution in [0.5, 0.6) is 0 Å². The molecule has 1 unspecified atom stereocenters. The third-order valence-corrected chi connectivity index (χ3v) is 1.25. The van der Waals surface area contributed by atoms with Crippen molar-refractivity contribution >= 4 is 6.03 Å². The first-order valence-electron chi connectivity index (χ1n) is 3.87. The van der Waals surface area contributed by atoms with E-state index in [2.05, 4.69) is 17.2 Å². The van der Waals surface area contributed by atoms with Gasteiger partial charge in [0.1, 0.15) is 0 Å². The van der Waals surface area contributed by atoms with E-state index in [9.17, 15) is 4.79 Å². The van der Waals surface area contributed by atoms with Crippen molar-refractivity contribution in [3.8, 4) is 0 Å². The number of amides is 2. The van der Waals surface area contributed by atoms with Crippen LogP contribution in [-0.2, 0) is 0 Å². The SMILES string of the molecule is C=CC(C)NC(=O)NCCC. The summed E-state index contributed by atoms with van der Waals surface area (Å²) in [6.45, 7) is 8.15. The minimum absolute atomic E-state index is 0.0341. The lowest BCUT2D eigenvalue weighted by molar-refractivity contribution is 0.239. The first-order chi connectivity index (χ1) is 5.20. The first-order valence-corrected chi connectivity index (χ1v) is 3.87. The van der Waals surface area contributed by atoms with Crippen molar-refractivity contribution in [3.63, 3.8) is 0 Å². The van der Waals surface area contributed by atoms with E-state index in [4.69, 9.17) is 0 Å². The highest BCUT2D eigenvalue weighted by molar-refractivity contribution is 5.74. The molecule has 0 rings (SSSR count). The molecular weight excluding hydrogens is 140 g/mol. The van der Waals surface area contributed by atoms with Crippen LogP contribution < -0.4 is 10.6 Å². The molecule has 3 nitrogen and oxygen atoms in total. The van der Waals surface area contributed by atoms with E-state index in [0.29, 0.717) is 0 Å². The van der Waals surface area contributed by atoms with Gasteiger partial charge in [0, 0.05) is 12.6 Å². The summed E-state index contributed by atoms with van der Waals surface area (Å²) in [7, 11) is 0. The van der Waals surface area contributed by atoms with E-state index in [1.54, 1.807) is 6.08 Å². The molecule has 0 spiro atoms. The number of carbonyl (C=O) groups excluding carboxylic acids is 1. The van der Waals surface area contributed by atoms with E-state index in [0.717, 1.165) is 13.0 Å². The Morgan fingerprint density at radius 1 is 1.73 bits per heavy atom. The molecule has 0 aliphatic carbocycles.